The Morgan fingerprint density at radius 1 is 1.20 bits per heavy atom. The molecule has 1 saturated heterocycles. The van der Waals surface area contributed by atoms with E-state index >= 15 is 0 Å². The topological polar surface area (TPSA) is 210 Å². The predicted molar refractivity (Wildman–Crippen MR) is 173 cm³/mol. The van der Waals surface area contributed by atoms with Gasteiger partial charge in [-0.05, 0) is 44.0 Å². The quantitative estimate of drug-likeness (QED) is 0.120. The number of nitriles is 1. The second kappa shape index (κ2) is 14.8. The Morgan fingerprint density at radius 3 is 2.49 bits per heavy atom. The van der Waals surface area contributed by atoms with Crippen LogP contribution >= 0.6 is 7.75 Å². The number of hydrogen-bond donors (Lipinski definition) is 3. The van der Waals surface area contributed by atoms with Gasteiger partial charge < -0.3 is 34.1 Å². The van der Waals surface area contributed by atoms with Crippen molar-refractivity contribution in [3.8, 4) is 11.8 Å². The average Bonchev–Trinajstić information content (AvgIpc) is 3.57. The van der Waals surface area contributed by atoms with Crippen molar-refractivity contribution in [3.05, 3.63) is 66.3 Å². The van der Waals surface area contributed by atoms with Crippen molar-refractivity contribution in [1.82, 2.24) is 19.7 Å². The lowest BCUT2D eigenvalue weighted by atomic mass is 9.80. The van der Waals surface area contributed by atoms with E-state index in [1.54, 1.807) is 32.0 Å². The van der Waals surface area contributed by atoms with Gasteiger partial charge in [-0.2, -0.15) is 19.7 Å². The number of nitrogen functional groups attached to an aromatic ring is 1. The molecule has 2 aromatic heterocycles. The second-order valence-electron chi connectivity index (χ2n) is 12.0. The van der Waals surface area contributed by atoms with Crippen LogP contribution in [-0.4, -0.2) is 56.0 Å². The molecule has 5 atom stereocenters. The first-order chi connectivity index (χ1) is 23.1. The summed E-state index contributed by atoms with van der Waals surface area (Å²) in [6.45, 7) is 9.76. The molecule has 1 fully saturated rings. The van der Waals surface area contributed by atoms with Crippen molar-refractivity contribution in [3.63, 3.8) is 0 Å². The number of aliphatic hydroxyl groups is 1. The van der Waals surface area contributed by atoms with E-state index in [2.05, 4.69) is 15.2 Å². The largest absolute Gasteiger partial charge is 0.513 e. The van der Waals surface area contributed by atoms with E-state index in [-0.39, 0.29) is 35.3 Å². The number of rotatable bonds is 14. The SMILES string of the molecule is CCC(CC)COC(=O)C(C)NP(=O)(OC=C1OC(C#N)(c2ccc3c(N)nc(F)nn23)C(C)(O)C1OC(=O)C(C)C)Oc1ccccc1. The number of benzene rings is 1. The van der Waals surface area contributed by atoms with Crippen LogP contribution in [0.15, 0.2) is 54.5 Å². The number of carbonyl (C=O) groups excluding carboxylic acids is 2. The number of nitrogens with zero attached hydrogens (tertiary/aromatic N) is 4. The predicted octanol–water partition coefficient (Wildman–Crippen LogP) is 4.52. The molecular formula is C32H40FN6O9P. The average molecular weight is 703 g/mol. The van der Waals surface area contributed by atoms with E-state index in [1.165, 1.54) is 31.2 Å². The van der Waals surface area contributed by atoms with Gasteiger partial charge in [0.2, 0.25) is 0 Å². The second-order valence-corrected chi connectivity index (χ2v) is 13.6. The smallest absolute Gasteiger partial charge is 0.464 e. The van der Waals surface area contributed by atoms with E-state index in [9.17, 15) is 28.9 Å². The van der Waals surface area contributed by atoms with Gasteiger partial charge in [0.25, 0.3) is 5.60 Å². The zero-order valence-corrected chi connectivity index (χ0v) is 28.8. The van der Waals surface area contributed by atoms with E-state index in [1.807, 2.05) is 19.9 Å². The van der Waals surface area contributed by atoms with Gasteiger partial charge in [-0.25, -0.2) is 9.08 Å². The van der Waals surface area contributed by atoms with Crippen LogP contribution in [0.3, 0.4) is 0 Å². The fourth-order valence-electron chi connectivity index (χ4n) is 5.03. The lowest BCUT2D eigenvalue weighted by Crippen LogP contribution is -2.53. The Bertz CT molecular complexity index is 1790. The Hall–Kier alpha value is -4.71. The van der Waals surface area contributed by atoms with Crippen LogP contribution in [0.5, 0.6) is 5.75 Å². The molecule has 0 saturated carbocycles. The maximum Gasteiger partial charge on any atom is 0.513 e. The molecule has 4 rings (SSSR count). The Labute approximate surface area is 282 Å². The molecule has 15 nitrogen and oxygen atoms in total. The molecule has 264 valence electrons. The van der Waals surface area contributed by atoms with Crippen LogP contribution < -0.4 is 15.3 Å². The molecule has 1 aromatic carbocycles. The summed E-state index contributed by atoms with van der Waals surface area (Å²) in [6.07, 6.45) is -0.632. The first kappa shape index (κ1) is 37.1. The monoisotopic (exact) mass is 702 g/mol. The van der Waals surface area contributed by atoms with Gasteiger partial charge in [0.05, 0.1) is 12.5 Å². The van der Waals surface area contributed by atoms with Crippen LogP contribution in [-0.2, 0) is 38.5 Å². The van der Waals surface area contributed by atoms with Crippen molar-refractivity contribution in [2.75, 3.05) is 12.3 Å². The minimum atomic E-state index is -4.55. The highest BCUT2D eigenvalue weighted by atomic mass is 31.2. The van der Waals surface area contributed by atoms with E-state index < -0.39 is 60.8 Å². The molecule has 0 aliphatic carbocycles. The summed E-state index contributed by atoms with van der Waals surface area (Å²) in [5.41, 5.74) is 0.902. The van der Waals surface area contributed by atoms with Crippen molar-refractivity contribution < 1.29 is 46.9 Å². The van der Waals surface area contributed by atoms with E-state index in [4.69, 9.17) is 29.0 Å². The molecule has 0 spiro atoms. The Balaban J connectivity index is 1.76. The van der Waals surface area contributed by atoms with Gasteiger partial charge in [-0.15, -0.1) is 5.10 Å². The van der Waals surface area contributed by atoms with Gasteiger partial charge in [0, 0.05) is 0 Å². The first-order valence-corrected chi connectivity index (χ1v) is 17.2. The van der Waals surface area contributed by atoms with Crippen molar-refractivity contribution in [2.45, 2.75) is 77.7 Å². The van der Waals surface area contributed by atoms with E-state index in [0.717, 1.165) is 30.5 Å². The number of carbonyl (C=O) groups is 2. The van der Waals surface area contributed by atoms with Gasteiger partial charge in [0.15, 0.2) is 23.3 Å². The number of para-hydroxylation sites is 1. The molecule has 0 radical (unpaired) electrons. The van der Waals surface area contributed by atoms with Crippen LogP contribution in [0.1, 0.15) is 60.1 Å². The highest BCUT2D eigenvalue weighted by Crippen LogP contribution is 2.52. The standard InChI is InChI=1S/C32H40FN6O9P/c1-7-21(8-2)16-44-29(41)20(5)38-49(43,48-22-12-10-9-11-13-22)45-17-24-26(46-28(40)19(3)4)31(6,42)32(18-34,47-24)25-15-14-23-27(35)36-30(33)37-39(23)25/h9-15,17,19-21,26,42H,7-8,16H2,1-6H3,(H,38,43)(H2,35,36,37). The maximum atomic E-state index is 14.3. The Kier molecular flexibility index (Phi) is 11.2. The van der Waals surface area contributed by atoms with Crippen LogP contribution in [0, 0.1) is 29.2 Å². The number of ether oxygens (including phenoxy) is 3. The zero-order valence-electron chi connectivity index (χ0n) is 28.0. The molecule has 0 amide bonds. The molecule has 4 N–H and O–H groups in total. The number of hydrogen-bond acceptors (Lipinski definition) is 13. The lowest BCUT2D eigenvalue weighted by Gasteiger charge is -2.33. The summed E-state index contributed by atoms with van der Waals surface area (Å²) in [6, 6.07) is 11.3. The van der Waals surface area contributed by atoms with Gasteiger partial charge in [0.1, 0.15) is 35.3 Å². The minimum Gasteiger partial charge on any atom is -0.464 e. The fourth-order valence-corrected chi connectivity index (χ4v) is 6.41. The first-order valence-electron chi connectivity index (χ1n) is 15.6. The molecule has 17 heteroatoms. The third-order valence-corrected chi connectivity index (χ3v) is 9.62. The summed E-state index contributed by atoms with van der Waals surface area (Å²) in [5, 5.41) is 28.8. The summed E-state index contributed by atoms with van der Waals surface area (Å²) < 4.78 is 57.9. The molecule has 3 aromatic rings. The number of anilines is 1. The number of aromatic nitrogens is 3. The molecule has 1 aliphatic rings. The fraction of sp³-hybridized carbons (Fsp3) is 0.469. The summed E-state index contributed by atoms with van der Waals surface area (Å²) in [7, 11) is -4.55. The van der Waals surface area contributed by atoms with Crippen molar-refractivity contribution >= 4 is 31.0 Å². The Morgan fingerprint density at radius 2 is 1.88 bits per heavy atom. The normalized spacial score (nSPS) is 23.1. The van der Waals surface area contributed by atoms with Crippen molar-refractivity contribution in [2.24, 2.45) is 11.8 Å². The van der Waals surface area contributed by atoms with Crippen molar-refractivity contribution in [1.29, 1.82) is 5.26 Å². The molecule has 5 unspecified atom stereocenters. The minimum absolute atomic E-state index is 0.0878. The summed E-state index contributed by atoms with van der Waals surface area (Å²) in [4.78, 5) is 29.2. The lowest BCUT2D eigenvalue weighted by molar-refractivity contribution is -0.165. The number of fused-ring (bicyclic) bond motifs is 1. The third-order valence-electron chi connectivity index (χ3n) is 8.09. The zero-order chi connectivity index (χ0) is 36.1. The number of nitrogens with one attached hydrogen (secondary N) is 1. The van der Waals surface area contributed by atoms with Crippen LogP contribution in [0.4, 0.5) is 10.2 Å². The number of nitrogens with two attached hydrogens (primary N) is 1. The number of esters is 2. The molecule has 0 bridgehead atoms. The van der Waals surface area contributed by atoms with Gasteiger partial charge in [-0.3, -0.25) is 9.59 Å². The molecule has 49 heavy (non-hydrogen) atoms. The summed E-state index contributed by atoms with van der Waals surface area (Å²) in [5.74, 6) is -2.69. The third kappa shape index (κ3) is 7.64. The summed E-state index contributed by atoms with van der Waals surface area (Å²) >= 11 is 0. The number of halogens is 1. The van der Waals surface area contributed by atoms with Crippen LogP contribution in [0.2, 0.25) is 0 Å². The highest BCUT2D eigenvalue weighted by Gasteiger charge is 2.67. The van der Waals surface area contributed by atoms with Crippen LogP contribution in [0.25, 0.3) is 5.52 Å². The van der Waals surface area contributed by atoms with Gasteiger partial charge >= 0.3 is 25.8 Å². The maximum absolute atomic E-state index is 14.3. The molecule has 1 aliphatic heterocycles. The van der Waals surface area contributed by atoms with E-state index in [0.29, 0.717) is 0 Å². The molecular weight excluding hydrogens is 662 g/mol. The molecule has 3 heterocycles. The van der Waals surface area contributed by atoms with Gasteiger partial charge in [-0.1, -0.05) is 58.7 Å². The highest BCUT2D eigenvalue weighted by molar-refractivity contribution is 7.52.